The van der Waals surface area contributed by atoms with Crippen molar-refractivity contribution >= 4 is 5.97 Å². The maximum Gasteiger partial charge on any atom is 0.317 e. The molecule has 0 bridgehead atoms. The number of benzene rings is 1. The Morgan fingerprint density at radius 3 is 2.08 bits per heavy atom. The Kier molecular flexibility index (Phi) is 5.81. The van der Waals surface area contributed by atoms with Crippen LogP contribution in [-0.4, -0.2) is 11.6 Å². The van der Waals surface area contributed by atoms with Gasteiger partial charge in [-0.25, -0.2) is 4.39 Å². The Labute approximate surface area is 151 Å². The van der Waals surface area contributed by atoms with Crippen molar-refractivity contribution in [1.29, 1.82) is 0 Å². The fourth-order valence-corrected chi connectivity index (χ4v) is 4.88. The lowest BCUT2D eigenvalue weighted by molar-refractivity contribution is -0.173. The molecule has 0 aliphatic heterocycles. The van der Waals surface area contributed by atoms with Gasteiger partial charge in [-0.15, -0.1) is 0 Å². The van der Waals surface area contributed by atoms with E-state index in [1.807, 2.05) is 0 Å². The third-order valence-electron chi connectivity index (χ3n) is 6.27. The third-order valence-corrected chi connectivity index (χ3v) is 6.27. The summed E-state index contributed by atoms with van der Waals surface area (Å²) >= 11 is 0. The molecule has 0 amide bonds. The van der Waals surface area contributed by atoms with E-state index < -0.39 is 5.41 Å². The van der Waals surface area contributed by atoms with Crippen LogP contribution in [0.4, 0.5) is 4.39 Å². The van der Waals surface area contributed by atoms with Gasteiger partial charge in [-0.1, -0.05) is 51.2 Å². The van der Waals surface area contributed by atoms with E-state index in [9.17, 15) is 9.18 Å². The number of hydrogen-bond donors (Lipinski definition) is 0. The first-order valence-electron chi connectivity index (χ1n) is 10.1. The molecule has 25 heavy (non-hydrogen) atoms. The van der Waals surface area contributed by atoms with Gasteiger partial charge in [0.25, 0.3) is 0 Å². The van der Waals surface area contributed by atoms with Gasteiger partial charge in [0.05, 0.1) is 5.41 Å². The number of hydrogen-bond acceptors (Lipinski definition) is 2. The van der Waals surface area contributed by atoms with Crippen molar-refractivity contribution in [2.45, 2.75) is 95.0 Å². The number of ether oxygens (including phenoxy) is 1. The predicted octanol–water partition coefficient (Wildman–Crippen LogP) is 6.07. The molecular weight excluding hydrogens is 315 g/mol. The maximum absolute atomic E-state index is 13.4. The molecule has 0 saturated heterocycles. The monoisotopic (exact) mass is 346 g/mol. The number of carbonyl (C=O) groups excluding carboxylic acids is 1. The third kappa shape index (κ3) is 3.91. The standard InChI is InChI=1S/C22H31FO2/c1-2-13-21(14-5-3-6-15-21)25-20(24)22(16-7-4-8-17-22)18-9-11-19(23)12-10-18/h9-12H,2-8,13-17H2,1H3. The molecule has 0 heterocycles. The average Bonchev–Trinajstić information content (AvgIpc) is 2.63. The van der Waals surface area contributed by atoms with Crippen molar-refractivity contribution < 1.29 is 13.9 Å². The van der Waals surface area contributed by atoms with E-state index in [1.165, 1.54) is 18.6 Å². The number of rotatable bonds is 5. The molecule has 3 heteroatoms. The van der Waals surface area contributed by atoms with Gasteiger partial charge in [0.15, 0.2) is 0 Å². The largest absolute Gasteiger partial charge is 0.458 e. The molecule has 0 aromatic heterocycles. The second-order valence-corrected chi connectivity index (χ2v) is 8.03. The van der Waals surface area contributed by atoms with Gasteiger partial charge in [-0.2, -0.15) is 0 Å². The van der Waals surface area contributed by atoms with Crippen molar-refractivity contribution in [2.24, 2.45) is 0 Å². The van der Waals surface area contributed by atoms with Crippen LogP contribution in [0.15, 0.2) is 24.3 Å². The van der Waals surface area contributed by atoms with Crippen molar-refractivity contribution in [3.8, 4) is 0 Å². The SMILES string of the molecule is CCCC1(OC(=O)C2(c3ccc(F)cc3)CCCCC2)CCCCC1. The van der Waals surface area contributed by atoms with Crippen LogP contribution in [0, 0.1) is 5.82 Å². The van der Waals surface area contributed by atoms with E-state index >= 15 is 0 Å². The van der Waals surface area contributed by atoms with Crippen LogP contribution in [0.3, 0.4) is 0 Å². The molecule has 2 aliphatic carbocycles. The molecule has 1 aromatic rings. The summed E-state index contributed by atoms with van der Waals surface area (Å²) in [5, 5.41) is 0. The first-order valence-corrected chi connectivity index (χ1v) is 10.1. The molecule has 138 valence electrons. The summed E-state index contributed by atoms with van der Waals surface area (Å²) in [7, 11) is 0. The smallest absolute Gasteiger partial charge is 0.317 e. The van der Waals surface area contributed by atoms with Gasteiger partial charge < -0.3 is 4.74 Å². The minimum atomic E-state index is -0.579. The molecule has 2 saturated carbocycles. The Balaban J connectivity index is 1.87. The first kappa shape index (κ1) is 18.4. The van der Waals surface area contributed by atoms with E-state index in [4.69, 9.17) is 4.74 Å². The fraction of sp³-hybridized carbons (Fsp3) is 0.682. The van der Waals surface area contributed by atoms with Gasteiger partial charge in [-0.3, -0.25) is 4.79 Å². The van der Waals surface area contributed by atoms with Crippen LogP contribution in [0.2, 0.25) is 0 Å². The zero-order valence-corrected chi connectivity index (χ0v) is 15.5. The van der Waals surface area contributed by atoms with Crippen molar-refractivity contribution in [1.82, 2.24) is 0 Å². The molecule has 1 aromatic carbocycles. The Bertz CT molecular complexity index is 561. The Hall–Kier alpha value is -1.38. The predicted molar refractivity (Wildman–Crippen MR) is 98.0 cm³/mol. The second-order valence-electron chi connectivity index (χ2n) is 8.03. The summed E-state index contributed by atoms with van der Waals surface area (Å²) in [6.07, 6.45) is 12.4. The van der Waals surface area contributed by atoms with E-state index in [1.54, 1.807) is 12.1 Å². The van der Waals surface area contributed by atoms with Crippen molar-refractivity contribution in [3.05, 3.63) is 35.6 Å². The molecule has 2 fully saturated rings. The summed E-state index contributed by atoms with van der Waals surface area (Å²) in [5.41, 5.74) is 0.0830. The van der Waals surface area contributed by atoms with Crippen LogP contribution in [-0.2, 0) is 14.9 Å². The van der Waals surface area contributed by atoms with Gasteiger partial charge in [0, 0.05) is 0 Å². The highest BCUT2D eigenvalue weighted by molar-refractivity contribution is 5.83. The highest BCUT2D eigenvalue weighted by Crippen LogP contribution is 2.44. The molecule has 0 N–H and O–H groups in total. The van der Waals surface area contributed by atoms with Gasteiger partial charge in [-0.05, 0) is 62.6 Å². The van der Waals surface area contributed by atoms with Crippen LogP contribution in [0.5, 0.6) is 0 Å². The summed E-state index contributed by atoms with van der Waals surface area (Å²) in [5.74, 6) is -0.313. The summed E-state index contributed by atoms with van der Waals surface area (Å²) < 4.78 is 19.7. The van der Waals surface area contributed by atoms with E-state index in [0.29, 0.717) is 0 Å². The molecular formula is C22H31FO2. The van der Waals surface area contributed by atoms with Crippen molar-refractivity contribution in [2.75, 3.05) is 0 Å². The van der Waals surface area contributed by atoms with E-state index in [2.05, 4.69) is 6.92 Å². The minimum Gasteiger partial charge on any atom is -0.458 e. The quantitative estimate of drug-likeness (QED) is 0.604. The van der Waals surface area contributed by atoms with E-state index in [0.717, 1.165) is 76.2 Å². The number of halogens is 1. The van der Waals surface area contributed by atoms with Crippen LogP contribution in [0.25, 0.3) is 0 Å². The van der Waals surface area contributed by atoms with Gasteiger partial charge >= 0.3 is 5.97 Å². The summed E-state index contributed by atoms with van der Waals surface area (Å²) in [6, 6.07) is 6.52. The maximum atomic E-state index is 13.4. The summed E-state index contributed by atoms with van der Waals surface area (Å²) in [4.78, 5) is 13.4. The average molecular weight is 346 g/mol. The molecule has 0 atom stereocenters. The molecule has 3 rings (SSSR count). The topological polar surface area (TPSA) is 26.3 Å². The normalized spacial score (nSPS) is 22.3. The highest BCUT2D eigenvalue weighted by Gasteiger charge is 2.46. The highest BCUT2D eigenvalue weighted by atomic mass is 19.1. The van der Waals surface area contributed by atoms with Gasteiger partial charge in [0.1, 0.15) is 11.4 Å². The molecule has 0 radical (unpaired) electrons. The van der Waals surface area contributed by atoms with Gasteiger partial charge in [0.2, 0.25) is 0 Å². The lowest BCUT2D eigenvalue weighted by Gasteiger charge is -2.42. The van der Waals surface area contributed by atoms with Crippen LogP contribution >= 0.6 is 0 Å². The van der Waals surface area contributed by atoms with Crippen LogP contribution < -0.4 is 0 Å². The van der Waals surface area contributed by atoms with Crippen LogP contribution in [0.1, 0.15) is 89.5 Å². The molecule has 2 nitrogen and oxygen atoms in total. The minimum absolute atomic E-state index is 0.0610. The molecule has 0 spiro atoms. The zero-order chi connectivity index (χ0) is 17.8. The Morgan fingerprint density at radius 1 is 0.960 bits per heavy atom. The fourth-order valence-electron chi connectivity index (χ4n) is 4.88. The van der Waals surface area contributed by atoms with E-state index in [-0.39, 0.29) is 17.4 Å². The first-order chi connectivity index (χ1) is 12.1. The second kappa shape index (κ2) is 7.88. The summed E-state index contributed by atoms with van der Waals surface area (Å²) in [6.45, 7) is 2.17. The molecule has 2 aliphatic rings. The number of esters is 1. The number of carbonyl (C=O) groups is 1. The lowest BCUT2D eigenvalue weighted by Crippen LogP contribution is -2.46. The van der Waals surface area contributed by atoms with Crippen molar-refractivity contribution in [3.63, 3.8) is 0 Å². The zero-order valence-electron chi connectivity index (χ0n) is 15.5. The lowest BCUT2D eigenvalue weighted by atomic mass is 9.69. The Morgan fingerprint density at radius 2 is 1.52 bits per heavy atom. The molecule has 0 unspecified atom stereocenters.